The zero-order chi connectivity index (χ0) is 11.4. The second-order valence-corrected chi connectivity index (χ2v) is 5.36. The second-order valence-electron chi connectivity index (χ2n) is 4.28. The van der Waals surface area contributed by atoms with Gasteiger partial charge in [0.05, 0.1) is 5.88 Å². The van der Waals surface area contributed by atoms with Crippen LogP contribution in [-0.2, 0) is 9.59 Å². The van der Waals surface area contributed by atoms with Crippen molar-refractivity contribution in [3.63, 3.8) is 0 Å². The smallest absolute Gasteiger partial charge is 0.223 e. The van der Waals surface area contributed by atoms with Crippen molar-refractivity contribution in [2.75, 3.05) is 31.3 Å². The van der Waals surface area contributed by atoms with Crippen LogP contribution in [0.25, 0.3) is 0 Å². The Morgan fingerprint density at radius 2 is 1.62 bits per heavy atom. The van der Waals surface area contributed by atoms with Crippen molar-refractivity contribution >= 4 is 23.6 Å². The third-order valence-electron chi connectivity index (χ3n) is 3.10. The molecule has 0 aliphatic carbocycles. The monoisotopic (exact) mass is 242 g/mol. The summed E-state index contributed by atoms with van der Waals surface area (Å²) in [5.41, 5.74) is 0. The lowest BCUT2D eigenvalue weighted by Crippen LogP contribution is -2.28. The molecule has 0 N–H and O–H groups in total. The SMILES string of the molecule is O=C1CCCN1CCSCN1CCCC1=O. The number of amides is 2. The van der Waals surface area contributed by atoms with Crippen LogP contribution in [0.15, 0.2) is 0 Å². The molecule has 0 unspecified atom stereocenters. The minimum Gasteiger partial charge on any atom is -0.342 e. The molecule has 0 bridgehead atoms. The highest BCUT2D eigenvalue weighted by Crippen LogP contribution is 2.15. The predicted molar refractivity (Wildman–Crippen MR) is 64.1 cm³/mol. The maximum atomic E-state index is 11.3. The molecule has 4 nitrogen and oxygen atoms in total. The number of hydrogen-bond acceptors (Lipinski definition) is 3. The summed E-state index contributed by atoms with van der Waals surface area (Å²) < 4.78 is 0. The molecule has 90 valence electrons. The maximum absolute atomic E-state index is 11.3. The molecule has 16 heavy (non-hydrogen) atoms. The van der Waals surface area contributed by atoms with E-state index in [0.29, 0.717) is 6.42 Å². The number of likely N-dealkylation sites (tertiary alicyclic amines) is 2. The van der Waals surface area contributed by atoms with Crippen LogP contribution < -0.4 is 0 Å². The van der Waals surface area contributed by atoms with Crippen molar-refractivity contribution in [2.24, 2.45) is 0 Å². The lowest BCUT2D eigenvalue weighted by molar-refractivity contribution is -0.128. The lowest BCUT2D eigenvalue weighted by Gasteiger charge is -2.17. The number of thioether (sulfide) groups is 1. The van der Waals surface area contributed by atoms with E-state index in [1.54, 1.807) is 11.8 Å². The molecular formula is C11H18N2O2S. The summed E-state index contributed by atoms with van der Waals surface area (Å²) in [5.74, 6) is 2.30. The van der Waals surface area contributed by atoms with Gasteiger partial charge in [-0.2, -0.15) is 0 Å². The van der Waals surface area contributed by atoms with Gasteiger partial charge in [-0.05, 0) is 12.8 Å². The zero-order valence-corrected chi connectivity index (χ0v) is 10.3. The van der Waals surface area contributed by atoms with Crippen LogP contribution in [0.5, 0.6) is 0 Å². The molecule has 0 atom stereocenters. The molecule has 0 radical (unpaired) electrons. The van der Waals surface area contributed by atoms with Gasteiger partial charge in [0.15, 0.2) is 0 Å². The Labute approximate surface area is 100 Å². The Bertz CT molecular complexity index is 255. The molecule has 0 spiro atoms. The van der Waals surface area contributed by atoms with E-state index < -0.39 is 0 Å². The van der Waals surface area contributed by atoms with Gasteiger partial charge in [0.25, 0.3) is 0 Å². The molecule has 0 saturated carbocycles. The fraction of sp³-hybridized carbons (Fsp3) is 0.818. The van der Waals surface area contributed by atoms with Gasteiger partial charge in [-0.25, -0.2) is 0 Å². The van der Waals surface area contributed by atoms with Gasteiger partial charge in [0.1, 0.15) is 0 Å². The predicted octanol–water partition coefficient (Wildman–Crippen LogP) is 0.922. The number of carbonyl (C=O) groups excluding carboxylic acids is 2. The van der Waals surface area contributed by atoms with Gasteiger partial charge in [-0.15, -0.1) is 11.8 Å². The standard InChI is InChI=1S/C11H18N2O2S/c14-10-3-1-5-12(10)7-8-16-9-13-6-2-4-11(13)15/h1-9H2. The first-order valence-corrected chi connectivity index (χ1v) is 7.06. The van der Waals surface area contributed by atoms with Crippen LogP contribution in [0.2, 0.25) is 0 Å². The molecule has 2 saturated heterocycles. The molecule has 2 aliphatic rings. The fourth-order valence-electron chi connectivity index (χ4n) is 2.13. The molecule has 0 aromatic carbocycles. The second kappa shape index (κ2) is 5.57. The van der Waals surface area contributed by atoms with E-state index in [1.807, 2.05) is 9.80 Å². The first-order chi connectivity index (χ1) is 7.77. The summed E-state index contributed by atoms with van der Waals surface area (Å²) in [7, 11) is 0. The van der Waals surface area contributed by atoms with Gasteiger partial charge in [-0.3, -0.25) is 9.59 Å². The highest BCUT2D eigenvalue weighted by Gasteiger charge is 2.21. The molecule has 2 amide bonds. The summed E-state index contributed by atoms with van der Waals surface area (Å²) >= 11 is 1.75. The van der Waals surface area contributed by atoms with Crippen molar-refractivity contribution in [1.29, 1.82) is 0 Å². The van der Waals surface area contributed by atoms with E-state index in [9.17, 15) is 9.59 Å². The Hall–Kier alpha value is -0.710. The van der Waals surface area contributed by atoms with Crippen molar-refractivity contribution in [1.82, 2.24) is 9.80 Å². The largest absolute Gasteiger partial charge is 0.342 e. The minimum absolute atomic E-state index is 0.282. The third-order valence-corrected chi connectivity index (χ3v) is 4.06. The summed E-state index contributed by atoms with van der Waals surface area (Å²) in [6, 6.07) is 0. The highest BCUT2D eigenvalue weighted by atomic mass is 32.2. The first-order valence-electron chi connectivity index (χ1n) is 5.90. The molecule has 5 heteroatoms. The van der Waals surface area contributed by atoms with Crippen LogP contribution in [0.3, 0.4) is 0 Å². The zero-order valence-electron chi connectivity index (χ0n) is 9.48. The lowest BCUT2D eigenvalue weighted by atomic mass is 10.4. The summed E-state index contributed by atoms with van der Waals surface area (Å²) in [6.07, 6.45) is 3.44. The van der Waals surface area contributed by atoms with Crippen LogP contribution in [-0.4, -0.2) is 52.9 Å². The average Bonchev–Trinajstić information content (AvgIpc) is 2.84. The highest BCUT2D eigenvalue weighted by molar-refractivity contribution is 7.99. The number of carbonyl (C=O) groups is 2. The van der Waals surface area contributed by atoms with Gasteiger partial charge in [0, 0.05) is 38.2 Å². The van der Waals surface area contributed by atoms with Crippen LogP contribution >= 0.6 is 11.8 Å². The maximum Gasteiger partial charge on any atom is 0.223 e. The van der Waals surface area contributed by atoms with Crippen molar-refractivity contribution in [3.05, 3.63) is 0 Å². The summed E-state index contributed by atoms with van der Waals surface area (Å²) in [5, 5.41) is 0. The van der Waals surface area contributed by atoms with Gasteiger partial charge in [-0.1, -0.05) is 0 Å². The normalized spacial score (nSPS) is 21.2. The number of nitrogens with zero attached hydrogens (tertiary/aromatic N) is 2. The molecule has 2 heterocycles. The van der Waals surface area contributed by atoms with E-state index >= 15 is 0 Å². The summed E-state index contributed by atoms with van der Waals surface area (Å²) in [4.78, 5) is 26.5. The van der Waals surface area contributed by atoms with Crippen molar-refractivity contribution in [2.45, 2.75) is 25.7 Å². The van der Waals surface area contributed by atoms with Gasteiger partial charge >= 0.3 is 0 Å². The first kappa shape index (κ1) is 11.8. The van der Waals surface area contributed by atoms with E-state index in [2.05, 4.69) is 0 Å². The van der Waals surface area contributed by atoms with Gasteiger partial charge < -0.3 is 9.80 Å². The Balaban J connectivity index is 1.58. The quantitative estimate of drug-likeness (QED) is 0.673. The van der Waals surface area contributed by atoms with Crippen molar-refractivity contribution < 1.29 is 9.59 Å². The molecule has 2 rings (SSSR count). The van der Waals surface area contributed by atoms with E-state index in [4.69, 9.17) is 0 Å². The van der Waals surface area contributed by atoms with Crippen LogP contribution in [0.1, 0.15) is 25.7 Å². The fourth-order valence-corrected chi connectivity index (χ4v) is 3.10. The average molecular weight is 242 g/mol. The van der Waals surface area contributed by atoms with Gasteiger partial charge in [0.2, 0.25) is 11.8 Å². The Kier molecular flexibility index (Phi) is 4.09. The number of rotatable bonds is 5. The third kappa shape index (κ3) is 2.90. The molecule has 2 fully saturated rings. The van der Waals surface area contributed by atoms with E-state index in [-0.39, 0.29) is 11.8 Å². The number of hydrogen-bond donors (Lipinski definition) is 0. The van der Waals surface area contributed by atoms with Crippen molar-refractivity contribution in [3.8, 4) is 0 Å². The Morgan fingerprint density at radius 3 is 2.19 bits per heavy atom. The topological polar surface area (TPSA) is 40.6 Å². The minimum atomic E-state index is 0.282. The molecule has 0 aromatic heterocycles. The van der Waals surface area contributed by atoms with Crippen LogP contribution in [0, 0.1) is 0 Å². The molecule has 2 aliphatic heterocycles. The molecule has 0 aromatic rings. The van der Waals surface area contributed by atoms with E-state index in [0.717, 1.165) is 50.5 Å². The summed E-state index contributed by atoms with van der Waals surface area (Å²) in [6.45, 7) is 2.67. The van der Waals surface area contributed by atoms with Crippen LogP contribution in [0.4, 0.5) is 0 Å². The van der Waals surface area contributed by atoms with E-state index in [1.165, 1.54) is 0 Å². The molecular weight excluding hydrogens is 224 g/mol. The Morgan fingerprint density at radius 1 is 1.00 bits per heavy atom.